The van der Waals surface area contributed by atoms with Crippen LogP contribution in [0, 0.1) is 23.2 Å². The minimum absolute atomic E-state index is 0. The fourth-order valence-corrected chi connectivity index (χ4v) is 4.36. The van der Waals surface area contributed by atoms with Crippen molar-refractivity contribution >= 4 is 5.97 Å². The second kappa shape index (κ2) is 3.44. The molecule has 0 atom stereocenters. The largest absolute Gasteiger partial charge is 1.00 e. The Hall–Kier alpha value is 0.353. The molecule has 0 unspecified atom stereocenters. The number of hydrogen-bond donors (Lipinski definition) is 0. The zero-order valence-corrected chi connectivity index (χ0v) is 10.7. The van der Waals surface area contributed by atoms with Gasteiger partial charge in [0.05, 0.1) is 0 Å². The average molecular weight is 270 g/mol. The molecule has 3 heteroatoms. The fourth-order valence-electron chi connectivity index (χ4n) is 4.36. The molecule has 75 valence electrons. The first-order valence-electron chi connectivity index (χ1n) is 5.39. The van der Waals surface area contributed by atoms with Crippen LogP contribution >= 0.6 is 0 Å². The molecular weight excluding hydrogens is 255 g/mol. The molecule has 0 aromatic carbocycles. The van der Waals surface area contributed by atoms with E-state index in [-0.39, 0.29) is 26.2 Å². The third-order valence-corrected chi connectivity index (χ3v) is 4.47. The Labute approximate surface area is 104 Å². The van der Waals surface area contributed by atoms with Gasteiger partial charge < -0.3 is 9.90 Å². The van der Waals surface area contributed by atoms with E-state index in [2.05, 4.69) is 0 Å². The quantitative estimate of drug-likeness (QED) is 0.712. The van der Waals surface area contributed by atoms with Crippen molar-refractivity contribution in [3.8, 4) is 0 Å². The van der Waals surface area contributed by atoms with E-state index in [1.54, 1.807) is 0 Å². The van der Waals surface area contributed by atoms with Gasteiger partial charge in [0.1, 0.15) is 0 Å². The van der Waals surface area contributed by atoms with Crippen molar-refractivity contribution in [3.05, 3.63) is 0 Å². The van der Waals surface area contributed by atoms with E-state index in [4.69, 9.17) is 0 Å². The Bertz CT molecular complexity index is 227. The van der Waals surface area contributed by atoms with E-state index in [9.17, 15) is 9.90 Å². The van der Waals surface area contributed by atoms with Gasteiger partial charge in [0.15, 0.2) is 0 Å². The fraction of sp³-hybridized carbons (Fsp3) is 0.909. The minimum atomic E-state index is -0.758. The van der Waals surface area contributed by atoms with Crippen LogP contribution in [0.15, 0.2) is 0 Å². The van der Waals surface area contributed by atoms with Gasteiger partial charge in [0.2, 0.25) is 0 Å². The summed E-state index contributed by atoms with van der Waals surface area (Å²) in [5.41, 5.74) is -0.394. The summed E-state index contributed by atoms with van der Waals surface area (Å²) in [5, 5.41) is 11.1. The standard InChI is InChI=1S/C11H16O2.Zr/c12-10(13)11-4-7-1-8(5-11)3-9(2-7)6-11;/h7-9H,1-6H2,(H,12,13);/q;+1/p-1. The summed E-state index contributed by atoms with van der Waals surface area (Å²) in [7, 11) is 0. The Morgan fingerprint density at radius 3 is 1.64 bits per heavy atom. The van der Waals surface area contributed by atoms with Gasteiger partial charge in [0.25, 0.3) is 0 Å². The van der Waals surface area contributed by atoms with Crippen molar-refractivity contribution in [2.24, 2.45) is 23.2 Å². The Morgan fingerprint density at radius 2 is 1.36 bits per heavy atom. The Balaban J connectivity index is 0.000000750. The summed E-state index contributed by atoms with van der Waals surface area (Å²) < 4.78 is 0. The molecule has 14 heavy (non-hydrogen) atoms. The van der Waals surface area contributed by atoms with Crippen LogP contribution < -0.4 is 5.11 Å². The molecule has 4 aliphatic rings. The molecule has 4 rings (SSSR count). The first-order chi connectivity index (χ1) is 6.18. The molecule has 0 spiro atoms. The van der Waals surface area contributed by atoms with E-state index < -0.39 is 11.4 Å². The number of aliphatic carboxylic acids is 1. The molecule has 0 heterocycles. The molecule has 4 saturated carbocycles. The van der Waals surface area contributed by atoms with Crippen LogP contribution in [0.25, 0.3) is 0 Å². The number of carbonyl (C=O) groups excluding carboxylic acids is 1. The number of carbonyl (C=O) groups is 1. The molecule has 2 nitrogen and oxygen atoms in total. The van der Waals surface area contributed by atoms with Crippen LogP contribution in [-0.4, -0.2) is 5.97 Å². The van der Waals surface area contributed by atoms with Crippen molar-refractivity contribution < 1.29 is 36.1 Å². The van der Waals surface area contributed by atoms with Gasteiger partial charge in [-0.1, -0.05) is 0 Å². The number of carboxylic acids is 1. The van der Waals surface area contributed by atoms with Crippen molar-refractivity contribution in [1.82, 2.24) is 0 Å². The van der Waals surface area contributed by atoms with Crippen LogP contribution in [0.3, 0.4) is 0 Å². The number of hydrogen-bond acceptors (Lipinski definition) is 2. The SMILES string of the molecule is O=C([O-])C12CC3CC(CC(C3)C1)C2.[Zr+]. The summed E-state index contributed by atoms with van der Waals surface area (Å²) in [6, 6.07) is 0. The molecule has 0 aliphatic heterocycles. The summed E-state index contributed by atoms with van der Waals surface area (Å²) in [6.07, 6.45) is 6.65. The predicted molar refractivity (Wildman–Crippen MR) is 45.6 cm³/mol. The van der Waals surface area contributed by atoms with E-state index >= 15 is 0 Å². The molecule has 0 saturated heterocycles. The zero-order chi connectivity index (χ0) is 9.05. The summed E-state index contributed by atoms with van der Waals surface area (Å²) in [6.45, 7) is 0. The van der Waals surface area contributed by atoms with Gasteiger partial charge in [-0.25, -0.2) is 0 Å². The smallest absolute Gasteiger partial charge is 0.550 e. The van der Waals surface area contributed by atoms with E-state index in [0.717, 1.165) is 19.3 Å². The van der Waals surface area contributed by atoms with Crippen LogP contribution in [-0.2, 0) is 31.0 Å². The second-order valence-electron chi connectivity index (χ2n) is 5.49. The molecule has 4 fully saturated rings. The third kappa shape index (κ3) is 1.43. The van der Waals surface area contributed by atoms with Crippen molar-refractivity contribution in [1.29, 1.82) is 0 Å². The molecule has 0 aromatic rings. The molecule has 1 radical (unpaired) electrons. The van der Waals surface area contributed by atoms with Crippen LogP contribution in [0.2, 0.25) is 0 Å². The Kier molecular flexibility index (Phi) is 2.66. The summed E-state index contributed by atoms with van der Waals surface area (Å²) >= 11 is 0. The predicted octanol–water partition coefficient (Wildman–Crippen LogP) is 0.950. The maximum atomic E-state index is 11.1. The summed E-state index contributed by atoms with van der Waals surface area (Å²) in [4.78, 5) is 11.1. The topological polar surface area (TPSA) is 40.1 Å². The van der Waals surface area contributed by atoms with Crippen LogP contribution in [0.1, 0.15) is 38.5 Å². The summed E-state index contributed by atoms with van der Waals surface area (Å²) in [5.74, 6) is 1.38. The maximum Gasteiger partial charge on any atom is 1.00 e. The third-order valence-electron chi connectivity index (χ3n) is 4.47. The molecule has 0 amide bonds. The average Bonchev–Trinajstić information content (AvgIpc) is 2.00. The Morgan fingerprint density at radius 1 is 1.00 bits per heavy atom. The van der Waals surface area contributed by atoms with Gasteiger partial charge >= 0.3 is 26.2 Å². The van der Waals surface area contributed by atoms with Crippen LogP contribution in [0.5, 0.6) is 0 Å². The number of rotatable bonds is 1. The molecule has 0 N–H and O–H groups in total. The van der Waals surface area contributed by atoms with E-state index in [0.29, 0.717) is 17.8 Å². The zero-order valence-electron chi connectivity index (χ0n) is 8.29. The minimum Gasteiger partial charge on any atom is -0.550 e. The first kappa shape index (κ1) is 10.9. The van der Waals surface area contributed by atoms with Crippen molar-refractivity contribution in [2.45, 2.75) is 38.5 Å². The van der Waals surface area contributed by atoms with Gasteiger partial charge in [-0.3, -0.25) is 0 Å². The van der Waals surface area contributed by atoms with Gasteiger partial charge in [0, 0.05) is 11.4 Å². The van der Waals surface area contributed by atoms with Gasteiger partial charge in [-0.15, -0.1) is 0 Å². The second-order valence-corrected chi connectivity index (χ2v) is 5.49. The molecule has 4 bridgehead atoms. The normalized spacial score (nSPS) is 48.7. The van der Waals surface area contributed by atoms with Crippen molar-refractivity contribution in [3.63, 3.8) is 0 Å². The van der Waals surface area contributed by atoms with E-state index in [1.165, 1.54) is 19.3 Å². The number of carboxylic acid groups (broad SMARTS) is 1. The van der Waals surface area contributed by atoms with Crippen LogP contribution in [0.4, 0.5) is 0 Å². The monoisotopic (exact) mass is 269 g/mol. The van der Waals surface area contributed by atoms with Gasteiger partial charge in [-0.2, -0.15) is 0 Å². The maximum absolute atomic E-state index is 11.1. The van der Waals surface area contributed by atoms with Gasteiger partial charge in [-0.05, 0) is 56.3 Å². The molecule has 0 aromatic heterocycles. The van der Waals surface area contributed by atoms with E-state index in [1.807, 2.05) is 0 Å². The first-order valence-corrected chi connectivity index (χ1v) is 5.39. The molecular formula is C11H15O2Zr. The molecule has 4 aliphatic carbocycles. The van der Waals surface area contributed by atoms with Crippen molar-refractivity contribution in [2.75, 3.05) is 0 Å².